The maximum atomic E-state index is 12.2. The van der Waals surface area contributed by atoms with Gasteiger partial charge >= 0.3 is 0 Å². The third-order valence-corrected chi connectivity index (χ3v) is 5.33. The molecule has 1 aromatic heterocycles. The molecule has 1 amide bonds. The fraction of sp³-hybridized carbons (Fsp3) is 0.474. The Kier molecular flexibility index (Phi) is 10.1. The molecular formula is C19H27Cl2N3O2S. The lowest BCUT2D eigenvalue weighted by Crippen LogP contribution is -2.48. The highest BCUT2D eigenvalue weighted by atomic mass is 35.5. The first-order chi connectivity index (χ1) is 12.1. The lowest BCUT2D eigenvalue weighted by Gasteiger charge is -2.30. The minimum absolute atomic E-state index is 0. The van der Waals surface area contributed by atoms with Crippen molar-refractivity contribution in [2.75, 3.05) is 13.1 Å². The summed E-state index contributed by atoms with van der Waals surface area (Å²) < 4.78 is 5.74. The number of ether oxygens (including phenoxy) is 1. The van der Waals surface area contributed by atoms with E-state index in [1.54, 1.807) is 0 Å². The van der Waals surface area contributed by atoms with Crippen LogP contribution in [0.3, 0.4) is 0 Å². The lowest BCUT2D eigenvalue weighted by molar-refractivity contribution is -0.121. The number of hydrogen-bond donors (Lipinski definition) is 2. The number of nitrogens with one attached hydrogen (secondary N) is 2. The van der Waals surface area contributed by atoms with E-state index in [9.17, 15) is 4.79 Å². The highest BCUT2D eigenvalue weighted by Crippen LogP contribution is 2.17. The molecule has 150 valence electrons. The van der Waals surface area contributed by atoms with Crippen molar-refractivity contribution < 1.29 is 9.53 Å². The Hall–Kier alpha value is -1.34. The van der Waals surface area contributed by atoms with E-state index in [0.29, 0.717) is 18.9 Å². The van der Waals surface area contributed by atoms with Gasteiger partial charge in [0.25, 0.3) is 0 Å². The van der Waals surface area contributed by atoms with Crippen LogP contribution in [0.4, 0.5) is 0 Å². The third-order valence-electron chi connectivity index (χ3n) is 4.46. The minimum atomic E-state index is 0. The molecular weight excluding hydrogens is 405 g/mol. The van der Waals surface area contributed by atoms with Crippen LogP contribution < -0.4 is 15.4 Å². The molecule has 2 N–H and O–H groups in total. The van der Waals surface area contributed by atoms with E-state index >= 15 is 0 Å². The summed E-state index contributed by atoms with van der Waals surface area (Å²) in [6.45, 7) is 6.57. The normalized spacial score (nSPS) is 18.7. The monoisotopic (exact) mass is 431 g/mol. The summed E-state index contributed by atoms with van der Waals surface area (Å²) in [6.07, 6.45) is 1.32. The zero-order valence-electron chi connectivity index (χ0n) is 15.6. The fourth-order valence-corrected chi connectivity index (χ4v) is 3.63. The van der Waals surface area contributed by atoms with Gasteiger partial charge in [-0.05, 0) is 44.5 Å². The first kappa shape index (κ1) is 23.7. The summed E-state index contributed by atoms with van der Waals surface area (Å²) in [5, 5.41) is 9.32. The summed E-state index contributed by atoms with van der Waals surface area (Å²) >= 11 is 1.53. The molecule has 1 saturated heterocycles. The zero-order chi connectivity index (χ0) is 17.6. The molecule has 0 spiro atoms. The van der Waals surface area contributed by atoms with E-state index in [1.807, 2.05) is 36.6 Å². The van der Waals surface area contributed by atoms with E-state index < -0.39 is 0 Å². The van der Waals surface area contributed by atoms with E-state index in [1.165, 1.54) is 16.9 Å². The predicted molar refractivity (Wildman–Crippen MR) is 114 cm³/mol. The van der Waals surface area contributed by atoms with Crippen LogP contribution in [0, 0.1) is 12.8 Å². The summed E-state index contributed by atoms with van der Waals surface area (Å²) in [6, 6.07) is 8.22. The second-order valence-corrected chi connectivity index (χ2v) is 7.60. The van der Waals surface area contributed by atoms with Crippen LogP contribution in [0.5, 0.6) is 5.75 Å². The van der Waals surface area contributed by atoms with Crippen LogP contribution in [0.25, 0.3) is 0 Å². The van der Waals surface area contributed by atoms with Crippen LogP contribution in [0.2, 0.25) is 0 Å². The zero-order valence-corrected chi connectivity index (χ0v) is 18.0. The molecule has 2 heterocycles. The lowest BCUT2D eigenvalue weighted by atomic mass is 9.95. The van der Waals surface area contributed by atoms with E-state index in [-0.39, 0.29) is 36.8 Å². The first-order valence-corrected chi connectivity index (χ1v) is 9.61. The quantitative estimate of drug-likeness (QED) is 0.733. The number of carbonyl (C=O) groups is 1. The van der Waals surface area contributed by atoms with Gasteiger partial charge in [-0.1, -0.05) is 24.6 Å². The molecule has 0 aliphatic carbocycles. The van der Waals surface area contributed by atoms with Crippen molar-refractivity contribution in [3.63, 3.8) is 0 Å². The molecule has 27 heavy (non-hydrogen) atoms. The van der Waals surface area contributed by atoms with Crippen LogP contribution in [-0.2, 0) is 17.8 Å². The average molecular weight is 432 g/mol. The van der Waals surface area contributed by atoms with Crippen molar-refractivity contribution in [3.05, 3.63) is 45.9 Å². The molecule has 2 unspecified atom stereocenters. The second-order valence-electron chi connectivity index (χ2n) is 6.66. The van der Waals surface area contributed by atoms with Crippen molar-refractivity contribution in [3.8, 4) is 5.75 Å². The Balaban J connectivity index is 0.00000182. The summed E-state index contributed by atoms with van der Waals surface area (Å²) in [5.74, 6) is 1.35. The summed E-state index contributed by atoms with van der Waals surface area (Å²) in [5.41, 5.74) is 2.02. The van der Waals surface area contributed by atoms with Gasteiger partial charge in [-0.25, -0.2) is 4.98 Å². The number of rotatable bonds is 6. The minimum Gasteiger partial charge on any atom is -0.486 e. The number of hydrogen-bond acceptors (Lipinski definition) is 5. The van der Waals surface area contributed by atoms with Crippen molar-refractivity contribution in [2.24, 2.45) is 5.92 Å². The van der Waals surface area contributed by atoms with Crippen molar-refractivity contribution in [1.29, 1.82) is 0 Å². The number of aryl methyl sites for hydroxylation is 1. The smallest absolute Gasteiger partial charge is 0.226 e. The second kappa shape index (κ2) is 11.5. The first-order valence-electron chi connectivity index (χ1n) is 8.73. The molecule has 2 aromatic rings. The molecule has 8 heteroatoms. The van der Waals surface area contributed by atoms with E-state index in [2.05, 4.69) is 22.5 Å². The van der Waals surface area contributed by atoms with Gasteiger partial charge in [0, 0.05) is 11.4 Å². The summed E-state index contributed by atoms with van der Waals surface area (Å²) in [4.78, 5) is 16.8. The Morgan fingerprint density at radius 2 is 2.07 bits per heavy atom. The van der Waals surface area contributed by atoms with Crippen molar-refractivity contribution >= 4 is 42.1 Å². The molecule has 1 fully saturated rings. The number of thiazole rings is 1. The third kappa shape index (κ3) is 7.30. The molecule has 2 atom stereocenters. The molecule has 1 aliphatic rings. The summed E-state index contributed by atoms with van der Waals surface area (Å²) in [7, 11) is 0. The van der Waals surface area contributed by atoms with Crippen LogP contribution in [-0.4, -0.2) is 30.0 Å². The van der Waals surface area contributed by atoms with E-state index in [0.717, 1.165) is 36.0 Å². The number of carbonyl (C=O) groups excluding carboxylic acids is 1. The Morgan fingerprint density at radius 1 is 1.33 bits per heavy atom. The fourth-order valence-electron chi connectivity index (χ4n) is 2.93. The molecule has 0 bridgehead atoms. The number of aromatic nitrogens is 1. The Bertz CT molecular complexity index is 709. The van der Waals surface area contributed by atoms with Crippen LogP contribution in [0.15, 0.2) is 29.6 Å². The Labute approximate surface area is 177 Å². The highest BCUT2D eigenvalue weighted by molar-refractivity contribution is 7.09. The standard InChI is InChI=1S/C19H25N3O2S.2ClH/c1-13-3-5-16(6-4-13)24-11-19-21-15(12-25-19)9-18(23)22-17-7-8-20-10-14(17)2;;/h3-6,12,14,17,20H,7-11H2,1-2H3,(H,22,23);2*1H. The Morgan fingerprint density at radius 3 is 2.78 bits per heavy atom. The van der Waals surface area contributed by atoms with Gasteiger partial charge in [-0.2, -0.15) is 0 Å². The van der Waals surface area contributed by atoms with E-state index in [4.69, 9.17) is 4.74 Å². The van der Waals surface area contributed by atoms with Gasteiger partial charge in [-0.15, -0.1) is 36.2 Å². The van der Waals surface area contributed by atoms with Crippen molar-refractivity contribution in [2.45, 2.75) is 39.3 Å². The molecule has 1 aliphatic heterocycles. The highest BCUT2D eigenvalue weighted by Gasteiger charge is 2.22. The molecule has 0 radical (unpaired) electrons. The number of piperidine rings is 1. The number of amides is 1. The maximum Gasteiger partial charge on any atom is 0.226 e. The SMILES string of the molecule is Cc1ccc(OCc2nc(CC(=O)NC3CCNCC3C)cs2)cc1.Cl.Cl. The molecule has 3 rings (SSSR count). The van der Waals surface area contributed by atoms with Gasteiger partial charge in [0.15, 0.2) is 0 Å². The number of nitrogens with zero attached hydrogens (tertiary/aromatic N) is 1. The number of benzene rings is 1. The molecule has 0 saturated carbocycles. The van der Waals surface area contributed by atoms with Crippen LogP contribution in [0.1, 0.15) is 29.6 Å². The van der Waals surface area contributed by atoms with Gasteiger partial charge in [0.05, 0.1) is 12.1 Å². The van der Waals surface area contributed by atoms with Crippen LogP contribution >= 0.6 is 36.2 Å². The van der Waals surface area contributed by atoms with Crippen molar-refractivity contribution in [1.82, 2.24) is 15.6 Å². The topological polar surface area (TPSA) is 63.2 Å². The maximum absolute atomic E-state index is 12.2. The van der Waals surface area contributed by atoms with Gasteiger partial charge in [-0.3, -0.25) is 4.79 Å². The average Bonchev–Trinajstić information content (AvgIpc) is 3.04. The molecule has 5 nitrogen and oxygen atoms in total. The van der Waals surface area contributed by atoms with Gasteiger partial charge in [0.1, 0.15) is 17.4 Å². The molecule has 1 aromatic carbocycles. The predicted octanol–water partition coefficient (Wildman–Crippen LogP) is 3.53. The largest absolute Gasteiger partial charge is 0.486 e. The van der Waals surface area contributed by atoms with Gasteiger partial charge < -0.3 is 15.4 Å². The van der Waals surface area contributed by atoms with Gasteiger partial charge in [0.2, 0.25) is 5.91 Å². The number of halogens is 2.